The Morgan fingerprint density at radius 1 is 1.09 bits per heavy atom. The van der Waals surface area contributed by atoms with E-state index >= 15 is 0 Å². The normalized spacial score (nSPS) is 20.3. The summed E-state index contributed by atoms with van der Waals surface area (Å²) >= 11 is 0. The number of carbonyl (C=O) groups excluding carboxylic acids is 2. The standard InChI is InChI=1S/C20H26O2/c1-15(7-6-8-16(2)12-14-21)9-10-18-17(3)19(22)11-13-20(18,4)5/h6-10,12,14H,11,13H2,1-5H3/b8-6+,10-9+,15-7+,16-12-. The van der Waals surface area contributed by atoms with E-state index in [1.165, 1.54) is 6.08 Å². The van der Waals surface area contributed by atoms with E-state index in [1.807, 2.05) is 45.1 Å². The zero-order valence-corrected chi connectivity index (χ0v) is 14.3. The minimum atomic E-state index is 0.0495. The Labute approximate surface area is 134 Å². The van der Waals surface area contributed by atoms with Gasteiger partial charge in [0.25, 0.3) is 0 Å². The lowest BCUT2D eigenvalue weighted by Gasteiger charge is -2.32. The number of carbonyl (C=O) groups is 2. The number of hydrogen-bond donors (Lipinski definition) is 0. The summed E-state index contributed by atoms with van der Waals surface area (Å²) in [4.78, 5) is 22.2. The Kier molecular flexibility index (Phi) is 6.48. The summed E-state index contributed by atoms with van der Waals surface area (Å²) in [5, 5.41) is 0. The monoisotopic (exact) mass is 298 g/mol. The quantitative estimate of drug-likeness (QED) is 0.411. The molecule has 1 aliphatic rings. The summed E-state index contributed by atoms with van der Waals surface area (Å²) in [7, 11) is 0. The molecule has 0 aromatic rings. The molecule has 0 amide bonds. The Bertz CT molecular complexity index is 593. The first-order valence-corrected chi connectivity index (χ1v) is 7.67. The van der Waals surface area contributed by atoms with E-state index in [-0.39, 0.29) is 11.2 Å². The highest BCUT2D eigenvalue weighted by molar-refractivity contribution is 5.97. The van der Waals surface area contributed by atoms with Crippen LogP contribution in [0.1, 0.15) is 47.5 Å². The average molecular weight is 298 g/mol. The fraction of sp³-hybridized carbons (Fsp3) is 0.400. The van der Waals surface area contributed by atoms with Crippen molar-refractivity contribution < 1.29 is 9.59 Å². The van der Waals surface area contributed by atoms with Gasteiger partial charge in [0.15, 0.2) is 5.78 Å². The molecule has 1 rings (SSSR count). The van der Waals surface area contributed by atoms with Gasteiger partial charge < -0.3 is 0 Å². The van der Waals surface area contributed by atoms with Gasteiger partial charge in [0.2, 0.25) is 0 Å². The van der Waals surface area contributed by atoms with Gasteiger partial charge in [-0.3, -0.25) is 9.59 Å². The van der Waals surface area contributed by atoms with Gasteiger partial charge >= 0.3 is 0 Å². The van der Waals surface area contributed by atoms with E-state index in [2.05, 4.69) is 19.9 Å². The summed E-state index contributed by atoms with van der Waals surface area (Å²) in [6.45, 7) is 10.2. The van der Waals surface area contributed by atoms with Crippen LogP contribution in [0.15, 0.2) is 58.7 Å². The fourth-order valence-corrected chi connectivity index (χ4v) is 2.54. The van der Waals surface area contributed by atoms with Crippen molar-refractivity contribution in [2.45, 2.75) is 47.5 Å². The Morgan fingerprint density at radius 2 is 1.73 bits per heavy atom. The van der Waals surface area contributed by atoms with Gasteiger partial charge in [-0.15, -0.1) is 0 Å². The van der Waals surface area contributed by atoms with Crippen LogP contribution in [0.2, 0.25) is 0 Å². The fourth-order valence-electron chi connectivity index (χ4n) is 2.54. The molecule has 0 aromatic carbocycles. The SMILES string of the molecule is CC1=C(/C=C/C(C)=C/C=C/C(C)=C\C=O)C(C)(C)CCC1=O. The van der Waals surface area contributed by atoms with Gasteiger partial charge in [0.1, 0.15) is 6.29 Å². The van der Waals surface area contributed by atoms with Crippen LogP contribution < -0.4 is 0 Å². The lowest BCUT2D eigenvalue weighted by molar-refractivity contribution is -0.116. The van der Waals surface area contributed by atoms with Crippen molar-refractivity contribution >= 4 is 12.1 Å². The maximum absolute atomic E-state index is 11.9. The van der Waals surface area contributed by atoms with Gasteiger partial charge in [-0.2, -0.15) is 0 Å². The molecule has 0 unspecified atom stereocenters. The molecular weight excluding hydrogens is 272 g/mol. The molecule has 0 N–H and O–H groups in total. The zero-order chi connectivity index (χ0) is 16.8. The first-order valence-electron chi connectivity index (χ1n) is 7.67. The Morgan fingerprint density at radius 3 is 2.36 bits per heavy atom. The van der Waals surface area contributed by atoms with Gasteiger partial charge in [0.05, 0.1) is 0 Å². The summed E-state index contributed by atoms with van der Waals surface area (Å²) in [5.41, 5.74) is 4.09. The number of allylic oxidation sites excluding steroid dienone is 10. The van der Waals surface area contributed by atoms with E-state index in [1.54, 1.807) is 0 Å². The Hall–Kier alpha value is -1.96. The first kappa shape index (κ1) is 18.1. The van der Waals surface area contributed by atoms with E-state index in [4.69, 9.17) is 0 Å². The molecule has 0 fully saturated rings. The van der Waals surface area contributed by atoms with Crippen LogP contribution in [0.3, 0.4) is 0 Å². The van der Waals surface area contributed by atoms with Crippen molar-refractivity contribution in [3.05, 3.63) is 58.7 Å². The summed E-state index contributed by atoms with van der Waals surface area (Å²) in [6.07, 6.45) is 13.8. The van der Waals surface area contributed by atoms with Crippen LogP contribution in [0.4, 0.5) is 0 Å². The van der Waals surface area contributed by atoms with Gasteiger partial charge in [-0.25, -0.2) is 0 Å². The highest BCUT2D eigenvalue weighted by atomic mass is 16.1. The number of Topliss-reactive ketones (excluding diaryl/α,β-unsaturated/α-hetero) is 1. The first-order chi connectivity index (χ1) is 10.3. The second-order valence-electron chi connectivity index (χ2n) is 6.50. The van der Waals surface area contributed by atoms with Crippen molar-refractivity contribution in [2.24, 2.45) is 5.41 Å². The summed E-state index contributed by atoms with van der Waals surface area (Å²) in [5.74, 6) is 0.259. The van der Waals surface area contributed by atoms with Gasteiger partial charge in [0, 0.05) is 6.42 Å². The minimum absolute atomic E-state index is 0.0495. The van der Waals surface area contributed by atoms with Crippen molar-refractivity contribution in [1.29, 1.82) is 0 Å². The molecule has 0 heterocycles. The topological polar surface area (TPSA) is 34.1 Å². The predicted molar refractivity (Wildman–Crippen MR) is 92.6 cm³/mol. The lowest BCUT2D eigenvalue weighted by Crippen LogP contribution is -2.24. The van der Waals surface area contributed by atoms with Crippen LogP contribution in [0.5, 0.6) is 0 Å². The zero-order valence-electron chi connectivity index (χ0n) is 14.3. The molecule has 118 valence electrons. The van der Waals surface area contributed by atoms with Crippen molar-refractivity contribution in [2.75, 3.05) is 0 Å². The molecular formula is C20H26O2. The minimum Gasteiger partial charge on any atom is -0.299 e. The highest BCUT2D eigenvalue weighted by Gasteiger charge is 2.30. The maximum Gasteiger partial charge on any atom is 0.158 e. The number of hydrogen-bond acceptors (Lipinski definition) is 2. The van der Waals surface area contributed by atoms with Crippen molar-refractivity contribution in [1.82, 2.24) is 0 Å². The molecule has 0 spiro atoms. The maximum atomic E-state index is 11.9. The molecule has 0 bridgehead atoms. The Balaban J connectivity index is 2.90. The summed E-state index contributed by atoms with van der Waals surface area (Å²) < 4.78 is 0. The van der Waals surface area contributed by atoms with Crippen LogP contribution in [-0.2, 0) is 9.59 Å². The van der Waals surface area contributed by atoms with E-state index in [0.29, 0.717) is 6.42 Å². The van der Waals surface area contributed by atoms with Crippen molar-refractivity contribution in [3.8, 4) is 0 Å². The summed E-state index contributed by atoms with van der Waals surface area (Å²) in [6, 6.07) is 0. The van der Waals surface area contributed by atoms with Crippen LogP contribution in [0.25, 0.3) is 0 Å². The van der Waals surface area contributed by atoms with Crippen LogP contribution in [0, 0.1) is 5.41 Å². The second kappa shape index (κ2) is 7.88. The third-order valence-corrected chi connectivity index (χ3v) is 4.09. The van der Waals surface area contributed by atoms with Gasteiger partial charge in [-0.1, -0.05) is 49.8 Å². The molecule has 22 heavy (non-hydrogen) atoms. The largest absolute Gasteiger partial charge is 0.299 e. The predicted octanol–water partition coefficient (Wildman–Crippen LogP) is 4.90. The molecule has 0 aromatic heterocycles. The highest BCUT2D eigenvalue weighted by Crippen LogP contribution is 2.39. The van der Waals surface area contributed by atoms with Crippen LogP contribution in [-0.4, -0.2) is 12.1 Å². The number of rotatable bonds is 5. The molecule has 0 saturated carbocycles. The van der Waals surface area contributed by atoms with Crippen molar-refractivity contribution in [3.63, 3.8) is 0 Å². The van der Waals surface area contributed by atoms with E-state index in [9.17, 15) is 9.59 Å². The number of ketones is 1. The van der Waals surface area contributed by atoms with E-state index < -0.39 is 0 Å². The molecule has 0 atom stereocenters. The molecule has 0 saturated heterocycles. The molecule has 2 nitrogen and oxygen atoms in total. The van der Waals surface area contributed by atoms with Crippen LogP contribution >= 0.6 is 0 Å². The third kappa shape index (κ3) is 5.10. The van der Waals surface area contributed by atoms with Gasteiger partial charge in [-0.05, 0) is 55.4 Å². The molecule has 2 heteroatoms. The molecule has 0 radical (unpaired) electrons. The molecule has 0 aliphatic heterocycles. The van der Waals surface area contributed by atoms with E-state index in [0.717, 1.165) is 35.0 Å². The second-order valence-corrected chi connectivity index (χ2v) is 6.50. The smallest absolute Gasteiger partial charge is 0.158 e. The third-order valence-electron chi connectivity index (χ3n) is 4.09. The average Bonchev–Trinajstić information content (AvgIpc) is 2.43. The number of aldehydes is 1. The molecule has 1 aliphatic carbocycles. The lowest BCUT2D eigenvalue weighted by atomic mass is 9.72.